The topological polar surface area (TPSA) is 197 Å². The van der Waals surface area contributed by atoms with E-state index in [1.54, 1.807) is 13.2 Å². The van der Waals surface area contributed by atoms with Gasteiger partial charge in [0.15, 0.2) is 23.8 Å². The number of hydrogen-bond donors (Lipinski definition) is 5. The molecule has 2 aromatic heterocycles. The number of phosphoric ester groups is 1. The maximum atomic E-state index is 12.5. The predicted octanol–water partition coefficient (Wildman–Crippen LogP) is -0.0644. The molecule has 184 valence electrons. The van der Waals surface area contributed by atoms with Crippen molar-refractivity contribution < 1.29 is 32.8 Å². The van der Waals surface area contributed by atoms with Crippen LogP contribution in [-0.2, 0) is 27.9 Å². The minimum Gasteiger partial charge on any atom is -0.497 e. The summed E-state index contributed by atoms with van der Waals surface area (Å²) in [5.41, 5.74) is 12.5. The molecule has 16 heteroatoms. The Bertz CT molecular complexity index is 1160. The highest BCUT2D eigenvalue weighted by Gasteiger charge is 2.60. The monoisotopic (exact) mass is 496 g/mol. The smallest absolute Gasteiger partial charge is 0.473 e. The van der Waals surface area contributed by atoms with Gasteiger partial charge in [0, 0.05) is 6.54 Å². The summed E-state index contributed by atoms with van der Waals surface area (Å²) in [6.45, 7) is 2.60. The molecule has 0 spiro atoms. The fourth-order valence-electron chi connectivity index (χ4n) is 4.07. The number of hydrogen-bond acceptors (Lipinski definition) is 12. The first kappa shape index (κ1) is 23.0. The van der Waals surface area contributed by atoms with Crippen molar-refractivity contribution in [2.45, 2.75) is 50.4 Å². The maximum absolute atomic E-state index is 12.5. The lowest BCUT2D eigenvalue weighted by atomic mass is 10.1. The van der Waals surface area contributed by atoms with Crippen LogP contribution in [0.5, 0.6) is 0 Å². The lowest BCUT2D eigenvalue weighted by Crippen LogP contribution is -2.41. The maximum Gasteiger partial charge on any atom is 0.473 e. The molecule has 0 bridgehead atoms. The molecular formula is C18H25N8O7P. The van der Waals surface area contributed by atoms with Crippen LogP contribution in [0, 0.1) is 0 Å². The normalized spacial score (nSPS) is 32.5. The van der Waals surface area contributed by atoms with Gasteiger partial charge in [0.25, 0.3) is 5.91 Å². The summed E-state index contributed by atoms with van der Waals surface area (Å²) < 4.78 is 35.3. The fourth-order valence-corrected chi connectivity index (χ4v) is 5.19. The molecule has 3 aliphatic rings. The number of fused-ring (bicyclic) bond motifs is 2. The van der Waals surface area contributed by atoms with Crippen molar-refractivity contribution in [2.24, 2.45) is 0 Å². The number of carbonyl (C=O) groups excluding carboxylic acids is 1. The Morgan fingerprint density at radius 1 is 1.35 bits per heavy atom. The van der Waals surface area contributed by atoms with E-state index in [0.717, 1.165) is 12.8 Å². The van der Waals surface area contributed by atoms with Crippen LogP contribution in [0.15, 0.2) is 18.7 Å². The van der Waals surface area contributed by atoms with Crippen LogP contribution in [0.25, 0.3) is 11.2 Å². The number of nitrogens with two attached hydrogens (primary N) is 1. The van der Waals surface area contributed by atoms with Gasteiger partial charge in [0.05, 0.1) is 19.1 Å². The zero-order chi connectivity index (χ0) is 23.9. The number of carbonyl (C=O) groups is 1. The molecule has 34 heavy (non-hydrogen) atoms. The van der Waals surface area contributed by atoms with Crippen LogP contribution in [0.3, 0.4) is 0 Å². The number of allylic oxidation sites excluding steroid dienone is 1. The van der Waals surface area contributed by atoms with Gasteiger partial charge in [0.1, 0.15) is 23.8 Å². The van der Waals surface area contributed by atoms with E-state index in [4.69, 9.17) is 24.3 Å². The van der Waals surface area contributed by atoms with Crippen molar-refractivity contribution in [1.82, 2.24) is 30.3 Å². The average Bonchev–Trinajstić information content (AvgIpc) is 3.45. The van der Waals surface area contributed by atoms with Crippen molar-refractivity contribution >= 4 is 36.7 Å². The fraction of sp³-hybridized carbons (Fsp3) is 0.556. The minimum absolute atomic E-state index is 0.00724. The molecule has 2 aromatic rings. The van der Waals surface area contributed by atoms with Gasteiger partial charge in [0.2, 0.25) is 5.95 Å². The first-order valence-electron chi connectivity index (χ1n) is 10.8. The number of nitrogens with one attached hydrogen (secondary N) is 3. The number of imidazole rings is 1. The number of nitrogens with zero attached hydrogens (tertiary/aromatic N) is 4. The van der Waals surface area contributed by atoms with E-state index in [1.165, 1.54) is 10.9 Å². The van der Waals surface area contributed by atoms with Gasteiger partial charge < -0.3 is 25.4 Å². The summed E-state index contributed by atoms with van der Waals surface area (Å²) >= 11 is 0. The molecule has 6 N–H and O–H groups in total. The van der Waals surface area contributed by atoms with E-state index in [0.29, 0.717) is 18.6 Å². The van der Waals surface area contributed by atoms with Crippen molar-refractivity contribution in [1.29, 1.82) is 0 Å². The van der Waals surface area contributed by atoms with Crippen LogP contribution in [0.1, 0.15) is 26.0 Å². The van der Waals surface area contributed by atoms with Crippen LogP contribution in [-0.4, -0.2) is 67.8 Å². The van der Waals surface area contributed by atoms with Crippen LogP contribution in [0.4, 0.5) is 11.8 Å². The molecular weight excluding hydrogens is 471 g/mol. The number of nitrogen functional groups attached to an aromatic ring is 1. The zero-order valence-corrected chi connectivity index (χ0v) is 19.1. The summed E-state index contributed by atoms with van der Waals surface area (Å²) in [6.07, 6.45) is 2.52. The number of hydrazine groups is 1. The summed E-state index contributed by atoms with van der Waals surface area (Å²) in [6, 6.07) is 0. The van der Waals surface area contributed by atoms with E-state index < -0.39 is 38.3 Å². The third kappa shape index (κ3) is 4.33. The van der Waals surface area contributed by atoms with Gasteiger partial charge in [-0.05, 0) is 25.8 Å². The Morgan fingerprint density at radius 3 is 2.94 bits per heavy atom. The molecule has 5 heterocycles. The van der Waals surface area contributed by atoms with E-state index in [-0.39, 0.29) is 23.5 Å². The number of amides is 1. The molecule has 6 atom stereocenters. The van der Waals surface area contributed by atoms with Crippen LogP contribution in [0.2, 0.25) is 0 Å². The third-order valence-corrected chi connectivity index (χ3v) is 6.60. The second-order valence-electron chi connectivity index (χ2n) is 7.92. The second kappa shape index (κ2) is 9.09. The van der Waals surface area contributed by atoms with E-state index in [2.05, 4.69) is 31.1 Å². The Labute approximate surface area is 193 Å². The summed E-state index contributed by atoms with van der Waals surface area (Å²) in [5, 5.41) is 2.62. The van der Waals surface area contributed by atoms with E-state index in [9.17, 15) is 14.3 Å². The quantitative estimate of drug-likeness (QED) is 0.253. The van der Waals surface area contributed by atoms with Gasteiger partial charge in [-0.15, -0.1) is 0 Å². The third-order valence-electron chi connectivity index (χ3n) is 5.58. The molecule has 2 saturated heterocycles. The SMILES string of the molecule is CCNC(=O)[C@H]1O[C@@H](n2cnc3c(N)nc(NNC[C@H]4CCC=CO4)nc32)[C@@H]2OP(=O)(O)O[C@@H]21. The number of phosphoric acid groups is 1. The molecule has 0 aromatic carbocycles. The Hall–Kier alpha value is -2.81. The molecule has 15 nitrogen and oxygen atoms in total. The van der Waals surface area contributed by atoms with E-state index in [1.807, 2.05) is 6.08 Å². The summed E-state index contributed by atoms with van der Waals surface area (Å²) in [4.78, 5) is 35.3. The van der Waals surface area contributed by atoms with Crippen LogP contribution < -0.4 is 21.9 Å². The Kier molecular flexibility index (Phi) is 6.14. The molecule has 5 rings (SSSR count). The highest BCUT2D eigenvalue weighted by atomic mass is 31.2. The van der Waals surface area contributed by atoms with Crippen molar-refractivity contribution in [3.05, 3.63) is 18.7 Å². The lowest BCUT2D eigenvalue weighted by Gasteiger charge is -2.20. The highest BCUT2D eigenvalue weighted by Crippen LogP contribution is 2.58. The van der Waals surface area contributed by atoms with Gasteiger partial charge in [-0.2, -0.15) is 9.97 Å². The number of aromatic nitrogens is 4. The average molecular weight is 496 g/mol. The zero-order valence-electron chi connectivity index (χ0n) is 18.2. The molecule has 1 amide bonds. The first-order valence-corrected chi connectivity index (χ1v) is 12.3. The number of anilines is 2. The number of ether oxygens (including phenoxy) is 2. The Balaban J connectivity index is 1.39. The van der Waals surface area contributed by atoms with Gasteiger partial charge in [-0.25, -0.2) is 15.0 Å². The predicted molar refractivity (Wildman–Crippen MR) is 117 cm³/mol. The van der Waals surface area contributed by atoms with Crippen molar-refractivity contribution in [3.63, 3.8) is 0 Å². The van der Waals surface area contributed by atoms with Crippen LogP contribution >= 0.6 is 7.82 Å². The molecule has 0 aliphatic carbocycles. The molecule has 0 saturated carbocycles. The van der Waals surface area contributed by atoms with Crippen molar-refractivity contribution in [3.8, 4) is 0 Å². The molecule has 2 fully saturated rings. The standard InChI is InChI=1S/C18H25N8O7P/c1-2-20-16(27)12-11-13(33-34(28,29)32-11)17(31-12)26-8-21-10-14(19)23-18(24-15(10)26)25-22-7-9-5-3-4-6-30-9/h4,6,8-9,11-13,17,22H,2-3,5,7H2,1H3,(H,20,27)(H,28,29)(H3,19,23,24,25)/t9-,11-,12+,13-,17-/m1/s1. The van der Waals surface area contributed by atoms with Gasteiger partial charge >= 0.3 is 7.82 Å². The van der Waals surface area contributed by atoms with E-state index >= 15 is 0 Å². The summed E-state index contributed by atoms with van der Waals surface area (Å²) in [5.74, 6) is -0.212. The first-order chi connectivity index (χ1) is 16.4. The van der Waals surface area contributed by atoms with Crippen molar-refractivity contribution in [2.75, 3.05) is 24.2 Å². The Morgan fingerprint density at radius 2 is 2.18 bits per heavy atom. The largest absolute Gasteiger partial charge is 0.497 e. The minimum atomic E-state index is -4.35. The molecule has 0 radical (unpaired) electrons. The van der Waals surface area contributed by atoms with Gasteiger partial charge in [-0.3, -0.25) is 23.8 Å². The van der Waals surface area contributed by atoms with Gasteiger partial charge in [-0.1, -0.05) is 0 Å². The lowest BCUT2D eigenvalue weighted by molar-refractivity contribution is -0.137. The number of rotatable bonds is 7. The molecule has 3 aliphatic heterocycles. The molecule has 1 unspecified atom stereocenters. The highest BCUT2D eigenvalue weighted by molar-refractivity contribution is 7.47. The second-order valence-corrected chi connectivity index (χ2v) is 9.28. The summed E-state index contributed by atoms with van der Waals surface area (Å²) in [7, 11) is -4.35. The number of likely N-dealkylation sites (N-methyl/N-ethyl adjacent to an activating group) is 1.